The summed E-state index contributed by atoms with van der Waals surface area (Å²) in [6.07, 6.45) is 11.2. The molecule has 35 heavy (non-hydrogen) atoms. The van der Waals surface area contributed by atoms with Crippen LogP contribution in [0, 0.1) is 5.92 Å². The third-order valence-corrected chi connectivity index (χ3v) is 7.14. The van der Waals surface area contributed by atoms with Crippen molar-refractivity contribution in [1.82, 2.24) is 29.7 Å². The van der Waals surface area contributed by atoms with Crippen molar-refractivity contribution in [3.8, 4) is 11.3 Å². The van der Waals surface area contributed by atoms with Crippen molar-refractivity contribution in [1.29, 1.82) is 0 Å². The van der Waals surface area contributed by atoms with Crippen molar-refractivity contribution in [2.45, 2.75) is 32.7 Å². The Balaban J connectivity index is 1.37. The Bertz CT molecular complexity index is 1090. The summed E-state index contributed by atoms with van der Waals surface area (Å²) in [6.45, 7) is 10.0. The van der Waals surface area contributed by atoms with Gasteiger partial charge in [-0.25, -0.2) is 15.0 Å². The first kappa shape index (κ1) is 23.6. The van der Waals surface area contributed by atoms with Gasteiger partial charge in [0.1, 0.15) is 5.82 Å². The van der Waals surface area contributed by atoms with E-state index in [4.69, 9.17) is 9.97 Å². The quantitative estimate of drug-likeness (QED) is 0.525. The van der Waals surface area contributed by atoms with Crippen LogP contribution in [0.3, 0.4) is 0 Å². The molecule has 8 heterocycles. The summed E-state index contributed by atoms with van der Waals surface area (Å²) < 4.78 is 0. The van der Waals surface area contributed by atoms with Crippen molar-refractivity contribution in [3.05, 3.63) is 54.6 Å². The summed E-state index contributed by atoms with van der Waals surface area (Å²) >= 11 is 0. The lowest BCUT2D eigenvalue weighted by Crippen LogP contribution is -2.46. The third-order valence-electron chi connectivity index (χ3n) is 7.14. The van der Waals surface area contributed by atoms with Gasteiger partial charge in [0.05, 0.1) is 17.6 Å². The monoisotopic (exact) mass is 472 g/mol. The van der Waals surface area contributed by atoms with E-state index in [1.807, 2.05) is 24.7 Å². The van der Waals surface area contributed by atoms with Crippen LogP contribution in [0.15, 0.2) is 49.1 Å². The number of hydrogen-bond acceptors (Lipinski definition) is 8. The van der Waals surface area contributed by atoms with E-state index in [1.54, 1.807) is 6.20 Å². The van der Waals surface area contributed by atoms with Gasteiger partial charge in [0, 0.05) is 70.5 Å². The first-order valence-electron chi connectivity index (χ1n) is 12.8. The zero-order valence-corrected chi connectivity index (χ0v) is 20.9. The molecule has 5 aliphatic heterocycles. The molecule has 0 amide bonds. The highest BCUT2D eigenvalue weighted by atomic mass is 15.3. The van der Waals surface area contributed by atoms with E-state index in [9.17, 15) is 0 Å². The standard InChI is InChI=1S/C27H36N8/c1-21-4-3-10-33(2)26-6-5-23(18-30-26)25-7-9-29-27(32-25)31-24-16-22(17-28-19-24)20-35-14-12-34(11-8-21)13-15-35/h5-7,9,16-19,21H,3-4,8,10-15,20H2,1-2H3,(H,29,31,32). The average Bonchev–Trinajstić information content (AvgIpc) is 2.88. The summed E-state index contributed by atoms with van der Waals surface area (Å²) in [5.74, 6) is 2.29. The Kier molecular flexibility index (Phi) is 7.49. The van der Waals surface area contributed by atoms with Crippen molar-refractivity contribution in [3.63, 3.8) is 0 Å². The topological polar surface area (TPSA) is 73.3 Å². The fraction of sp³-hybridized carbons (Fsp3) is 0.481. The van der Waals surface area contributed by atoms with Crippen molar-refractivity contribution in [2.75, 3.05) is 56.5 Å². The van der Waals surface area contributed by atoms with Crippen molar-refractivity contribution in [2.24, 2.45) is 5.92 Å². The molecule has 0 radical (unpaired) electrons. The van der Waals surface area contributed by atoms with E-state index in [0.717, 1.165) is 67.9 Å². The predicted octanol–water partition coefficient (Wildman–Crippen LogP) is 4.05. The smallest absolute Gasteiger partial charge is 0.227 e. The Hall–Kier alpha value is -3.10. The molecule has 3 aromatic rings. The molecule has 184 valence electrons. The molecule has 3 aromatic heterocycles. The van der Waals surface area contributed by atoms with Crippen LogP contribution in [0.1, 0.15) is 31.7 Å². The maximum atomic E-state index is 4.72. The molecule has 1 fully saturated rings. The largest absolute Gasteiger partial charge is 0.360 e. The number of pyridine rings is 2. The maximum absolute atomic E-state index is 4.72. The number of piperazine rings is 1. The molecule has 0 spiro atoms. The summed E-state index contributed by atoms with van der Waals surface area (Å²) in [7, 11) is 2.13. The molecular formula is C27H36N8. The maximum Gasteiger partial charge on any atom is 0.227 e. The Labute approximate surface area is 208 Å². The number of hydrogen-bond donors (Lipinski definition) is 1. The third kappa shape index (κ3) is 6.32. The van der Waals surface area contributed by atoms with Crippen LogP contribution < -0.4 is 10.2 Å². The van der Waals surface area contributed by atoms with E-state index in [2.05, 4.69) is 62.2 Å². The highest BCUT2D eigenvalue weighted by molar-refractivity contribution is 5.62. The van der Waals surface area contributed by atoms with Gasteiger partial charge in [-0.1, -0.05) is 6.92 Å². The van der Waals surface area contributed by atoms with E-state index >= 15 is 0 Å². The fourth-order valence-electron chi connectivity index (χ4n) is 4.88. The first-order chi connectivity index (χ1) is 17.1. The van der Waals surface area contributed by atoms with Gasteiger partial charge in [-0.2, -0.15) is 0 Å². The molecule has 8 rings (SSSR count). The molecule has 1 N–H and O–H groups in total. The van der Waals surface area contributed by atoms with Crippen molar-refractivity contribution >= 4 is 17.5 Å². The molecule has 1 unspecified atom stereocenters. The second kappa shape index (κ2) is 11.1. The lowest BCUT2D eigenvalue weighted by molar-refractivity contribution is 0.122. The summed E-state index contributed by atoms with van der Waals surface area (Å²) in [5.41, 5.74) is 3.93. The van der Waals surface area contributed by atoms with Crippen LogP contribution >= 0.6 is 0 Å². The zero-order valence-electron chi connectivity index (χ0n) is 20.9. The first-order valence-corrected chi connectivity index (χ1v) is 12.8. The number of anilines is 3. The zero-order chi connectivity index (χ0) is 24.0. The average molecular weight is 473 g/mol. The van der Waals surface area contributed by atoms with E-state index in [0.29, 0.717) is 5.95 Å². The van der Waals surface area contributed by atoms with Gasteiger partial charge in [0.15, 0.2) is 0 Å². The fourth-order valence-corrected chi connectivity index (χ4v) is 4.88. The SMILES string of the molecule is CC1CCCN(C)c2ccc(cn2)-c2ccnc(n2)Nc2cncc(c2)CN2CCN(CC1)CC2. The number of nitrogens with zero attached hydrogens (tertiary/aromatic N) is 7. The van der Waals surface area contributed by atoms with Crippen LogP contribution in [0.5, 0.6) is 0 Å². The molecule has 8 bridgehead atoms. The second-order valence-electron chi connectivity index (χ2n) is 9.95. The molecule has 8 heteroatoms. The summed E-state index contributed by atoms with van der Waals surface area (Å²) in [6, 6.07) is 8.24. The Morgan fingerprint density at radius 3 is 2.57 bits per heavy atom. The van der Waals surface area contributed by atoms with Crippen LogP contribution in [0.2, 0.25) is 0 Å². The van der Waals surface area contributed by atoms with Gasteiger partial charge >= 0.3 is 0 Å². The minimum Gasteiger partial charge on any atom is -0.360 e. The minimum absolute atomic E-state index is 0.559. The van der Waals surface area contributed by atoms with Crippen molar-refractivity contribution < 1.29 is 0 Å². The number of rotatable bonds is 0. The van der Waals surface area contributed by atoms with Gasteiger partial charge < -0.3 is 15.1 Å². The lowest BCUT2D eigenvalue weighted by atomic mass is 10.0. The highest BCUT2D eigenvalue weighted by Gasteiger charge is 2.18. The second-order valence-corrected chi connectivity index (χ2v) is 9.95. The van der Waals surface area contributed by atoms with E-state index in [1.165, 1.54) is 31.4 Å². The highest BCUT2D eigenvalue weighted by Crippen LogP contribution is 2.22. The molecule has 1 atom stereocenters. The minimum atomic E-state index is 0.559. The van der Waals surface area contributed by atoms with Crippen LogP contribution in [-0.2, 0) is 6.54 Å². The molecule has 0 aliphatic carbocycles. The van der Waals surface area contributed by atoms with Crippen LogP contribution in [0.4, 0.5) is 17.5 Å². The summed E-state index contributed by atoms with van der Waals surface area (Å²) in [5, 5.41) is 3.33. The lowest BCUT2D eigenvalue weighted by Gasteiger charge is -2.35. The van der Waals surface area contributed by atoms with E-state index in [-0.39, 0.29) is 0 Å². The van der Waals surface area contributed by atoms with Gasteiger partial charge in [-0.15, -0.1) is 0 Å². The van der Waals surface area contributed by atoms with Gasteiger partial charge in [-0.05, 0) is 61.6 Å². The molecule has 5 aliphatic rings. The number of nitrogens with one attached hydrogen (secondary N) is 1. The molecular weight excluding hydrogens is 436 g/mol. The molecule has 1 saturated heterocycles. The van der Waals surface area contributed by atoms with Crippen LogP contribution in [-0.4, -0.2) is 76.1 Å². The summed E-state index contributed by atoms with van der Waals surface area (Å²) in [4.78, 5) is 25.7. The van der Waals surface area contributed by atoms with E-state index < -0.39 is 0 Å². The number of aromatic nitrogens is 4. The van der Waals surface area contributed by atoms with Gasteiger partial charge in [-0.3, -0.25) is 9.88 Å². The molecule has 0 saturated carbocycles. The Morgan fingerprint density at radius 2 is 1.74 bits per heavy atom. The van der Waals surface area contributed by atoms with Gasteiger partial charge in [0.2, 0.25) is 5.95 Å². The molecule has 0 aromatic carbocycles. The molecule has 8 nitrogen and oxygen atoms in total. The Morgan fingerprint density at radius 1 is 0.886 bits per heavy atom. The van der Waals surface area contributed by atoms with Gasteiger partial charge in [0.25, 0.3) is 0 Å². The van der Waals surface area contributed by atoms with Crippen LogP contribution in [0.25, 0.3) is 11.3 Å². The predicted molar refractivity (Wildman–Crippen MR) is 141 cm³/mol. The normalized spacial score (nSPS) is 23.6.